The first-order valence-electron chi connectivity index (χ1n) is 8.47. The lowest BCUT2D eigenvalue weighted by atomic mass is 9.99. The maximum atomic E-state index is 13.6. The van der Waals surface area contributed by atoms with Gasteiger partial charge in [0.15, 0.2) is 0 Å². The Bertz CT molecular complexity index is 686. The molecule has 25 heavy (non-hydrogen) atoms. The van der Waals surface area contributed by atoms with Crippen LogP contribution in [0.1, 0.15) is 45.2 Å². The zero-order chi connectivity index (χ0) is 18.2. The third kappa shape index (κ3) is 3.86. The maximum Gasteiger partial charge on any atom is 0.408 e. The number of nitrogens with one attached hydrogen (secondary N) is 1. The second-order valence-corrected chi connectivity index (χ2v) is 7.35. The summed E-state index contributed by atoms with van der Waals surface area (Å²) in [6, 6.07) is 3.50. The van der Waals surface area contributed by atoms with Gasteiger partial charge < -0.3 is 19.7 Å². The van der Waals surface area contributed by atoms with Crippen molar-refractivity contribution in [1.82, 2.24) is 10.2 Å². The molecule has 3 rings (SSSR count). The molecule has 0 bridgehead atoms. The standard InChI is InChI=1S/C18H23FN2O4/c1-18(2,3)25-17(23)20-13-6-8-21(16(13)22)14-7-9-24-15-5-4-11(19)10-12(14)15/h4-5,10,13-14H,6-9H2,1-3H3,(H,20,23). The molecule has 2 aliphatic heterocycles. The zero-order valence-electron chi connectivity index (χ0n) is 14.7. The monoisotopic (exact) mass is 350 g/mol. The minimum Gasteiger partial charge on any atom is -0.493 e. The Morgan fingerprint density at radius 2 is 2.12 bits per heavy atom. The van der Waals surface area contributed by atoms with E-state index in [0.717, 1.165) is 0 Å². The number of alkyl carbamates (subject to hydrolysis) is 1. The van der Waals surface area contributed by atoms with Crippen molar-refractivity contribution in [1.29, 1.82) is 0 Å². The van der Waals surface area contributed by atoms with Gasteiger partial charge in [0.05, 0.1) is 12.6 Å². The van der Waals surface area contributed by atoms with E-state index in [4.69, 9.17) is 9.47 Å². The van der Waals surface area contributed by atoms with Crippen LogP contribution in [0.4, 0.5) is 9.18 Å². The predicted molar refractivity (Wildman–Crippen MR) is 88.7 cm³/mol. The number of halogens is 1. The summed E-state index contributed by atoms with van der Waals surface area (Å²) < 4.78 is 24.4. The molecular weight excluding hydrogens is 327 g/mol. The fraction of sp³-hybridized carbons (Fsp3) is 0.556. The highest BCUT2D eigenvalue weighted by Gasteiger charge is 2.39. The molecule has 7 heteroatoms. The molecule has 1 fully saturated rings. The molecule has 0 radical (unpaired) electrons. The van der Waals surface area contributed by atoms with Crippen LogP contribution in [-0.4, -0.2) is 41.7 Å². The SMILES string of the molecule is CC(C)(C)OC(=O)NC1CCN(C2CCOc3ccc(F)cc32)C1=O. The second-order valence-electron chi connectivity index (χ2n) is 7.35. The largest absolute Gasteiger partial charge is 0.493 e. The first kappa shape index (κ1) is 17.5. The molecule has 136 valence electrons. The van der Waals surface area contributed by atoms with Crippen molar-refractivity contribution in [3.63, 3.8) is 0 Å². The molecule has 2 atom stereocenters. The number of ether oxygens (including phenoxy) is 2. The van der Waals surface area contributed by atoms with Crippen LogP contribution in [0.15, 0.2) is 18.2 Å². The third-order valence-corrected chi connectivity index (χ3v) is 4.29. The average molecular weight is 350 g/mol. The minimum absolute atomic E-state index is 0.173. The molecule has 1 aromatic carbocycles. The van der Waals surface area contributed by atoms with E-state index in [1.165, 1.54) is 12.1 Å². The van der Waals surface area contributed by atoms with Crippen LogP contribution in [-0.2, 0) is 9.53 Å². The van der Waals surface area contributed by atoms with Gasteiger partial charge in [-0.2, -0.15) is 0 Å². The van der Waals surface area contributed by atoms with Gasteiger partial charge in [0.1, 0.15) is 23.2 Å². The quantitative estimate of drug-likeness (QED) is 0.891. The van der Waals surface area contributed by atoms with Crippen molar-refractivity contribution < 1.29 is 23.5 Å². The zero-order valence-corrected chi connectivity index (χ0v) is 14.7. The van der Waals surface area contributed by atoms with E-state index in [-0.39, 0.29) is 17.8 Å². The van der Waals surface area contributed by atoms with Gasteiger partial charge in [-0.15, -0.1) is 0 Å². The Balaban J connectivity index is 1.71. The molecule has 1 aromatic rings. The van der Waals surface area contributed by atoms with Crippen molar-refractivity contribution >= 4 is 12.0 Å². The van der Waals surface area contributed by atoms with Gasteiger partial charge in [0, 0.05) is 18.5 Å². The number of carbonyl (C=O) groups is 2. The van der Waals surface area contributed by atoms with Crippen LogP contribution in [0, 0.1) is 5.82 Å². The molecule has 0 aliphatic carbocycles. The summed E-state index contributed by atoms with van der Waals surface area (Å²) in [6.45, 7) is 6.27. The number of likely N-dealkylation sites (tertiary alicyclic amines) is 1. The summed E-state index contributed by atoms with van der Waals surface area (Å²) in [5, 5.41) is 2.63. The topological polar surface area (TPSA) is 67.9 Å². The summed E-state index contributed by atoms with van der Waals surface area (Å²) in [4.78, 5) is 26.3. The molecule has 0 aromatic heterocycles. The van der Waals surface area contributed by atoms with Gasteiger partial charge in [-0.3, -0.25) is 4.79 Å². The number of benzene rings is 1. The number of hydrogen-bond acceptors (Lipinski definition) is 4. The van der Waals surface area contributed by atoms with Crippen molar-refractivity contribution in [2.75, 3.05) is 13.2 Å². The van der Waals surface area contributed by atoms with E-state index in [9.17, 15) is 14.0 Å². The van der Waals surface area contributed by atoms with E-state index in [1.807, 2.05) is 0 Å². The van der Waals surface area contributed by atoms with E-state index >= 15 is 0 Å². The van der Waals surface area contributed by atoms with E-state index in [2.05, 4.69) is 5.32 Å². The lowest BCUT2D eigenvalue weighted by Gasteiger charge is -2.33. The van der Waals surface area contributed by atoms with Gasteiger partial charge in [0.2, 0.25) is 5.91 Å². The minimum atomic E-state index is -0.622. The highest BCUT2D eigenvalue weighted by molar-refractivity contribution is 5.88. The lowest BCUT2D eigenvalue weighted by molar-refractivity contribution is -0.132. The van der Waals surface area contributed by atoms with Crippen molar-refractivity contribution in [2.24, 2.45) is 0 Å². The van der Waals surface area contributed by atoms with Crippen LogP contribution in [0.25, 0.3) is 0 Å². The van der Waals surface area contributed by atoms with Crippen LogP contribution < -0.4 is 10.1 Å². The maximum absolute atomic E-state index is 13.6. The van der Waals surface area contributed by atoms with Gasteiger partial charge in [-0.25, -0.2) is 9.18 Å². The fourth-order valence-electron chi connectivity index (χ4n) is 3.27. The number of fused-ring (bicyclic) bond motifs is 1. The first-order chi connectivity index (χ1) is 11.7. The van der Waals surface area contributed by atoms with E-state index in [1.54, 1.807) is 31.7 Å². The third-order valence-electron chi connectivity index (χ3n) is 4.29. The second kappa shape index (κ2) is 6.54. The van der Waals surface area contributed by atoms with Gasteiger partial charge in [-0.1, -0.05) is 0 Å². The van der Waals surface area contributed by atoms with Crippen LogP contribution >= 0.6 is 0 Å². The summed E-state index contributed by atoms with van der Waals surface area (Å²) in [7, 11) is 0. The molecule has 6 nitrogen and oxygen atoms in total. The fourth-order valence-corrected chi connectivity index (χ4v) is 3.27. The van der Waals surface area contributed by atoms with Gasteiger partial charge in [0.25, 0.3) is 0 Å². The molecule has 0 spiro atoms. The molecule has 2 amide bonds. The number of amides is 2. The van der Waals surface area contributed by atoms with Crippen LogP contribution in [0.3, 0.4) is 0 Å². The number of carbonyl (C=O) groups excluding carboxylic acids is 2. The Hall–Kier alpha value is -2.31. The summed E-state index contributed by atoms with van der Waals surface area (Å²) in [5.74, 6) is 0.0753. The van der Waals surface area contributed by atoms with E-state index in [0.29, 0.717) is 37.3 Å². The summed E-state index contributed by atoms with van der Waals surface area (Å²) >= 11 is 0. The Labute approximate surface area is 146 Å². The van der Waals surface area contributed by atoms with Crippen LogP contribution in [0.2, 0.25) is 0 Å². The van der Waals surface area contributed by atoms with Gasteiger partial charge in [-0.05, 0) is 45.4 Å². The number of nitrogens with zero attached hydrogens (tertiary/aromatic N) is 1. The van der Waals surface area contributed by atoms with Crippen LogP contribution in [0.5, 0.6) is 5.75 Å². The van der Waals surface area contributed by atoms with E-state index < -0.39 is 17.7 Å². The average Bonchev–Trinajstić information content (AvgIpc) is 2.85. The number of hydrogen-bond donors (Lipinski definition) is 1. The van der Waals surface area contributed by atoms with Crippen molar-refractivity contribution in [3.05, 3.63) is 29.6 Å². The highest BCUT2D eigenvalue weighted by Crippen LogP contribution is 2.38. The molecule has 1 N–H and O–H groups in total. The van der Waals surface area contributed by atoms with Gasteiger partial charge >= 0.3 is 6.09 Å². The smallest absolute Gasteiger partial charge is 0.408 e. The Kier molecular flexibility index (Phi) is 4.58. The summed E-state index contributed by atoms with van der Waals surface area (Å²) in [5.41, 5.74) is 0.0558. The summed E-state index contributed by atoms with van der Waals surface area (Å²) in [6.07, 6.45) is 0.493. The first-order valence-corrected chi connectivity index (χ1v) is 8.47. The molecular formula is C18H23FN2O4. The van der Waals surface area contributed by atoms with Crippen molar-refractivity contribution in [3.8, 4) is 5.75 Å². The molecule has 2 heterocycles. The molecule has 2 unspecified atom stereocenters. The Morgan fingerprint density at radius 1 is 1.36 bits per heavy atom. The van der Waals surface area contributed by atoms with Crippen molar-refractivity contribution in [2.45, 2.75) is 51.3 Å². The highest BCUT2D eigenvalue weighted by atomic mass is 19.1. The Morgan fingerprint density at radius 3 is 2.84 bits per heavy atom. The molecule has 0 saturated carbocycles. The lowest BCUT2D eigenvalue weighted by Crippen LogP contribution is -2.44. The normalized spacial score (nSPS) is 23.0. The number of rotatable bonds is 2. The molecule has 1 saturated heterocycles. The predicted octanol–water partition coefficient (Wildman–Crippen LogP) is 2.77. The molecule has 2 aliphatic rings.